The number of hydrogen-bond donors (Lipinski definition) is 2. The third-order valence-corrected chi connectivity index (χ3v) is 3.68. The van der Waals surface area contributed by atoms with Gasteiger partial charge in [-0.05, 0) is 19.3 Å². The fraction of sp³-hybridized carbons (Fsp3) is 0.667. The summed E-state index contributed by atoms with van der Waals surface area (Å²) in [6.45, 7) is 3.02. The van der Waals surface area contributed by atoms with Crippen molar-refractivity contribution in [3.8, 4) is 0 Å². The van der Waals surface area contributed by atoms with Crippen molar-refractivity contribution in [3.63, 3.8) is 0 Å². The van der Waals surface area contributed by atoms with Crippen molar-refractivity contribution in [3.05, 3.63) is 18.1 Å². The number of hydrogen-bond acceptors (Lipinski definition) is 4. The minimum Gasteiger partial charge on any atom is -0.370 e. The summed E-state index contributed by atoms with van der Waals surface area (Å²) in [4.78, 5) is 20.4. The number of unbranched alkanes of at least 4 members (excludes halogenated alkanes) is 1. The van der Waals surface area contributed by atoms with Crippen LogP contribution >= 0.6 is 0 Å². The quantitative estimate of drug-likeness (QED) is 0.784. The second kappa shape index (κ2) is 7.82. The van der Waals surface area contributed by atoms with Gasteiger partial charge in [0, 0.05) is 18.7 Å². The maximum absolute atomic E-state index is 12.2. The molecular weight excluding hydrogens is 252 g/mol. The SMILES string of the molecule is CCCCNc1cc(C(=O)NC2CCCCC2)ncn1. The standard InChI is InChI=1S/C15H24N4O/c1-2-3-9-16-14-10-13(17-11-18-14)15(20)19-12-7-5-4-6-8-12/h10-12H,2-9H2,1H3,(H,19,20)(H,16,17,18). The molecule has 0 radical (unpaired) electrons. The summed E-state index contributed by atoms with van der Waals surface area (Å²) in [7, 11) is 0. The van der Waals surface area contributed by atoms with Gasteiger partial charge in [0.2, 0.25) is 0 Å². The van der Waals surface area contributed by atoms with E-state index in [1.807, 2.05) is 0 Å². The van der Waals surface area contributed by atoms with E-state index in [1.165, 1.54) is 25.6 Å². The van der Waals surface area contributed by atoms with Crippen molar-refractivity contribution in [2.24, 2.45) is 0 Å². The summed E-state index contributed by atoms with van der Waals surface area (Å²) < 4.78 is 0. The van der Waals surface area contributed by atoms with Gasteiger partial charge in [0.25, 0.3) is 5.91 Å². The Kier molecular flexibility index (Phi) is 5.77. The molecule has 20 heavy (non-hydrogen) atoms. The Morgan fingerprint density at radius 1 is 1.30 bits per heavy atom. The van der Waals surface area contributed by atoms with Gasteiger partial charge in [0.05, 0.1) is 0 Å². The number of rotatable bonds is 6. The van der Waals surface area contributed by atoms with Gasteiger partial charge >= 0.3 is 0 Å². The largest absolute Gasteiger partial charge is 0.370 e. The minimum absolute atomic E-state index is 0.0853. The first-order chi connectivity index (χ1) is 9.79. The molecule has 0 saturated heterocycles. The number of nitrogens with zero attached hydrogens (tertiary/aromatic N) is 2. The predicted octanol–water partition coefficient (Wildman–Crippen LogP) is 2.75. The minimum atomic E-state index is -0.0853. The molecule has 1 heterocycles. The van der Waals surface area contributed by atoms with Crippen molar-refractivity contribution in [2.75, 3.05) is 11.9 Å². The molecule has 110 valence electrons. The number of nitrogens with one attached hydrogen (secondary N) is 2. The molecule has 0 aliphatic heterocycles. The molecule has 1 aromatic rings. The average molecular weight is 276 g/mol. The zero-order valence-electron chi connectivity index (χ0n) is 12.2. The Hall–Kier alpha value is -1.65. The Balaban J connectivity index is 1.89. The number of amides is 1. The van der Waals surface area contributed by atoms with E-state index >= 15 is 0 Å². The molecule has 1 amide bonds. The molecule has 2 N–H and O–H groups in total. The van der Waals surface area contributed by atoms with E-state index in [0.717, 1.165) is 38.0 Å². The first-order valence-corrected chi connectivity index (χ1v) is 7.66. The molecular formula is C15H24N4O. The van der Waals surface area contributed by atoms with E-state index in [9.17, 15) is 4.79 Å². The van der Waals surface area contributed by atoms with Crippen LogP contribution in [-0.2, 0) is 0 Å². The van der Waals surface area contributed by atoms with Crippen LogP contribution in [0.4, 0.5) is 5.82 Å². The van der Waals surface area contributed by atoms with Gasteiger partial charge in [-0.1, -0.05) is 32.6 Å². The number of aromatic nitrogens is 2. The van der Waals surface area contributed by atoms with Gasteiger partial charge < -0.3 is 10.6 Å². The van der Waals surface area contributed by atoms with Crippen LogP contribution in [0.2, 0.25) is 0 Å². The first-order valence-electron chi connectivity index (χ1n) is 7.66. The zero-order chi connectivity index (χ0) is 14.2. The maximum atomic E-state index is 12.2. The predicted molar refractivity (Wildman–Crippen MR) is 79.8 cm³/mol. The molecule has 0 unspecified atom stereocenters. The highest BCUT2D eigenvalue weighted by molar-refractivity contribution is 5.93. The van der Waals surface area contributed by atoms with Crippen LogP contribution in [0.1, 0.15) is 62.4 Å². The van der Waals surface area contributed by atoms with Crippen LogP contribution in [-0.4, -0.2) is 28.5 Å². The molecule has 5 heteroatoms. The molecule has 1 fully saturated rings. The summed E-state index contributed by atoms with van der Waals surface area (Å²) in [5, 5.41) is 6.29. The molecule has 2 rings (SSSR count). The third kappa shape index (κ3) is 4.47. The van der Waals surface area contributed by atoms with E-state index in [0.29, 0.717) is 11.7 Å². The topological polar surface area (TPSA) is 66.9 Å². The van der Waals surface area contributed by atoms with Crippen LogP contribution < -0.4 is 10.6 Å². The van der Waals surface area contributed by atoms with Crippen LogP contribution in [0.5, 0.6) is 0 Å². The van der Waals surface area contributed by atoms with Gasteiger partial charge in [-0.15, -0.1) is 0 Å². The van der Waals surface area contributed by atoms with Crippen LogP contribution in [0, 0.1) is 0 Å². The number of carbonyl (C=O) groups excluding carboxylic acids is 1. The highest BCUT2D eigenvalue weighted by Gasteiger charge is 2.17. The average Bonchev–Trinajstić information content (AvgIpc) is 2.49. The second-order valence-corrected chi connectivity index (χ2v) is 5.38. The van der Waals surface area contributed by atoms with Gasteiger partial charge in [-0.25, -0.2) is 9.97 Å². The smallest absolute Gasteiger partial charge is 0.270 e. The Morgan fingerprint density at radius 2 is 2.10 bits per heavy atom. The lowest BCUT2D eigenvalue weighted by atomic mass is 9.95. The number of carbonyl (C=O) groups is 1. The Bertz CT molecular complexity index is 430. The van der Waals surface area contributed by atoms with Gasteiger partial charge in [-0.2, -0.15) is 0 Å². The third-order valence-electron chi connectivity index (χ3n) is 3.68. The Morgan fingerprint density at radius 3 is 2.85 bits per heavy atom. The highest BCUT2D eigenvalue weighted by atomic mass is 16.1. The highest BCUT2D eigenvalue weighted by Crippen LogP contribution is 2.17. The maximum Gasteiger partial charge on any atom is 0.270 e. The molecule has 0 spiro atoms. The summed E-state index contributed by atoms with van der Waals surface area (Å²) in [6.07, 6.45) is 9.53. The van der Waals surface area contributed by atoms with Gasteiger partial charge in [-0.3, -0.25) is 4.79 Å². The van der Waals surface area contributed by atoms with Gasteiger partial charge in [0.1, 0.15) is 17.8 Å². The second-order valence-electron chi connectivity index (χ2n) is 5.38. The van der Waals surface area contributed by atoms with Crippen molar-refractivity contribution in [1.29, 1.82) is 0 Å². The van der Waals surface area contributed by atoms with E-state index in [4.69, 9.17) is 0 Å². The Labute approximate surface area is 120 Å². The molecule has 1 saturated carbocycles. The van der Waals surface area contributed by atoms with Crippen molar-refractivity contribution in [1.82, 2.24) is 15.3 Å². The molecule has 0 bridgehead atoms. The van der Waals surface area contributed by atoms with E-state index in [2.05, 4.69) is 27.5 Å². The monoisotopic (exact) mass is 276 g/mol. The van der Waals surface area contributed by atoms with Crippen molar-refractivity contribution >= 4 is 11.7 Å². The molecule has 1 aliphatic carbocycles. The van der Waals surface area contributed by atoms with Crippen LogP contribution in [0.3, 0.4) is 0 Å². The van der Waals surface area contributed by atoms with Crippen molar-refractivity contribution < 1.29 is 4.79 Å². The summed E-state index contributed by atoms with van der Waals surface area (Å²) in [5.41, 5.74) is 0.449. The summed E-state index contributed by atoms with van der Waals surface area (Å²) >= 11 is 0. The lowest BCUT2D eigenvalue weighted by molar-refractivity contribution is 0.0922. The molecule has 0 atom stereocenters. The molecule has 5 nitrogen and oxygen atoms in total. The van der Waals surface area contributed by atoms with Crippen molar-refractivity contribution in [2.45, 2.75) is 57.9 Å². The zero-order valence-corrected chi connectivity index (χ0v) is 12.2. The molecule has 1 aliphatic rings. The van der Waals surface area contributed by atoms with Crippen LogP contribution in [0.15, 0.2) is 12.4 Å². The normalized spacial score (nSPS) is 15.8. The summed E-state index contributed by atoms with van der Waals surface area (Å²) in [6, 6.07) is 2.04. The number of anilines is 1. The fourth-order valence-electron chi connectivity index (χ4n) is 2.48. The lowest BCUT2D eigenvalue weighted by Crippen LogP contribution is -2.36. The molecule has 0 aromatic carbocycles. The molecule has 1 aromatic heterocycles. The fourth-order valence-corrected chi connectivity index (χ4v) is 2.48. The van der Waals surface area contributed by atoms with Crippen LogP contribution in [0.25, 0.3) is 0 Å². The van der Waals surface area contributed by atoms with E-state index in [-0.39, 0.29) is 5.91 Å². The summed E-state index contributed by atoms with van der Waals surface area (Å²) in [5.74, 6) is 0.639. The van der Waals surface area contributed by atoms with Gasteiger partial charge in [0.15, 0.2) is 0 Å². The van der Waals surface area contributed by atoms with E-state index < -0.39 is 0 Å². The lowest BCUT2D eigenvalue weighted by Gasteiger charge is -2.22. The first kappa shape index (κ1) is 14.8. The van der Waals surface area contributed by atoms with E-state index in [1.54, 1.807) is 6.07 Å².